The molecule has 2 N–H and O–H groups in total. The molecule has 2 aromatic carbocycles. The lowest BCUT2D eigenvalue weighted by atomic mass is 10.1. The van der Waals surface area contributed by atoms with Gasteiger partial charge in [0.2, 0.25) is 11.8 Å². The van der Waals surface area contributed by atoms with Gasteiger partial charge in [0.05, 0.1) is 18.5 Å². The molecule has 0 bridgehead atoms. The lowest BCUT2D eigenvalue weighted by molar-refractivity contribution is -0.121. The molecule has 0 aliphatic carbocycles. The molecule has 2 aromatic rings. The number of hydrogen-bond donors (Lipinski definition) is 1. The number of nitrogens with two attached hydrogens (primary N) is 1. The first-order valence-electron chi connectivity index (χ1n) is 8.81. The zero-order valence-corrected chi connectivity index (χ0v) is 17.0. The number of hydrogen-bond acceptors (Lipinski definition) is 6. The Hall–Kier alpha value is -3.27. The molecule has 3 rings (SSSR count). The molecule has 30 heavy (non-hydrogen) atoms. The molecule has 1 fully saturated rings. The molecule has 156 valence electrons. The van der Waals surface area contributed by atoms with Crippen LogP contribution in [0.15, 0.2) is 52.7 Å². The standard InChI is InChI=1S/C20H18F2N4O3S/c1-11(12-7-8-16(29-2)14(22)9-12)24-25-20(23)30-17-10-18(27)26(19(17)28)15-6-4-3-5-13(15)21/h3-9,17H,10H2,1-2H3,(H2,23,25)/b24-11-/t17-/m1/s1. The molecule has 0 spiro atoms. The SMILES string of the molecule is COc1ccc(/C(C)=N\N=C(N)S[C@@H]2CC(=O)N(c3ccccc3F)C2=O)cc1F. The molecule has 10 heteroatoms. The van der Waals surface area contributed by atoms with Gasteiger partial charge in [-0.1, -0.05) is 23.9 Å². The first-order valence-corrected chi connectivity index (χ1v) is 9.69. The van der Waals surface area contributed by atoms with Crippen molar-refractivity contribution in [3.05, 3.63) is 59.7 Å². The van der Waals surface area contributed by atoms with E-state index in [0.717, 1.165) is 16.7 Å². The van der Waals surface area contributed by atoms with Gasteiger partial charge in [0.15, 0.2) is 16.7 Å². The Labute approximate surface area is 175 Å². The smallest absolute Gasteiger partial charge is 0.247 e. The molecule has 0 unspecified atom stereocenters. The predicted molar refractivity (Wildman–Crippen MR) is 112 cm³/mol. The molecule has 0 radical (unpaired) electrons. The highest BCUT2D eigenvalue weighted by atomic mass is 32.2. The number of para-hydroxylation sites is 1. The van der Waals surface area contributed by atoms with E-state index in [1.807, 2.05) is 0 Å². The van der Waals surface area contributed by atoms with E-state index >= 15 is 0 Å². The number of amidine groups is 1. The summed E-state index contributed by atoms with van der Waals surface area (Å²) in [6.07, 6.45) is -0.138. The number of nitrogens with zero attached hydrogens (tertiary/aromatic N) is 3. The summed E-state index contributed by atoms with van der Waals surface area (Å²) in [6.45, 7) is 1.62. The van der Waals surface area contributed by atoms with Crippen LogP contribution in [0.5, 0.6) is 5.75 Å². The molecule has 1 atom stereocenters. The zero-order chi connectivity index (χ0) is 21.8. The Morgan fingerprint density at radius 2 is 1.90 bits per heavy atom. The average Bonchev–Trinajstić information content (AvgIpc) is 2.99. The normalized spacial score (nSPS) is 17.6. The summed E-state index contributed by atoms with van der Waals surface area (Å²) < 4.78 is 32.7. The molecule has 1 heterocycles. The van der Waals surface area contributed by atoms with Crippen LogP contribution >= 0.6 is 11.8 Å². The summed E-state index contributed by atoms with van der Waals surface area (Å²) in [4.78, 5) is 25.6. The van der Waals surface area contributed by atoms with E-state index < -0.39 is 28.7 Å². The minimum Gasteiger partial charge on any atom is -0.494 e. The van der Waals surface area contributed by atoms with Crippen LogP contribution in [0.4, 0.5) is 14.5 Å². The number of ether oxygens (including phenoxy) is 1. The van der Waals surface area contributed by atoms with E-state index in [1.165, 1.54) is 43.5 Å². The number of thioether (sulfide) groups is 1. The van der Waals surface area contributed by atoms with Gasteiger partial charge in [0, 0.05) is 12.0 Å². The summed E-state index contributed by atoms with van der Waals surface area (Å²) in [6, 6.07) is 9.87. The summed E-state index contributed by atoms with van der Waals surface area (Å²) in [5.74, 6) is -2.21. The highest BCUT2D eigenvalue weighted by Gasteiger charge is 2.41. The van der Waals surface area contributed by atoms with Crippen molar-refractivity contribution in [2.24, 2.45) is 15.9 Å². The van der Waals surface area contributed by atoms with Crippen LogP contribution < -0.4 is 15.4 Å². The maximum atomic E-state index is 14.0. The summed E-state index contributed by atoms with van der Waals surface area (Å²) in [5, 5.41) is 6.91. The number of imide groups is 1. The fourth-order valence-electron chi connectivity index (χ4n) is 2.83. The average molecular weight is 432 g/mol. The Morgan fingerprint density at radius 1 is 1.17 bits per heavy atom. The maximum absolute atomic E-state index is 14.0. The van der Waals surface area contributed by atoms with Gasteiger partial charge in [0.1, 0.15) is 11.1 Å². The van der Waals surface area contributed by atoms with Crippen LogP contribution in [0.1, 0.15) is 18.9 Å². The van der Waals surface area contributed by atoms with Crippen LogP contribution in [-0.2, 0) is 9.59 Å². The molecule has 0 aromatic heterocycles. The highest BCUT2D eigenvalue weighted by molar-refractivity contribution is 8.14. The van der Waals surface area contributed by atoms with Crippen LogP contribution in [-0.4, -0.2) is 35.1 Å². The van der Waals surface area contributed by atoms with Crippen LogP contribution in [0.3, 0.4) is 0 Å². The van der Waals surface area contributed by atoms with Gasteiger partial charge in [-0.25, -0.2) is 13.7 Å². The fourth-order valence-corrected chi connectivity index (χ4v) is 3.64. The maximum Gasteiger partial charge on any atom is 0.247 e. The molecule has 0 saturated carbocycles. The molecule has 1 aliphatic heterocycles. The van der Waals surface area contributed by atoms with Gasteiger partial charge in [-0.05, 0) is 37.3 Å². The lowest BCUT2D eigenvalue weighted by Gasteiger charge is -2.15. The number of halogens is 2. The van der Waals surface area contributed by atoms with Crippen molar-refractivity contribution in [2.45, 2.75) is 18.6 Å². The largest absolute Gasteiger partial charge is 0.494 e. The third-order valence-corrected chi connectivity index (χ3v) is 5.31. The monoisotopic (exact) mass is 432 g/mol. The minimum atomic E-state index is -0.838. The van der Waals surface area contributed by atoms with Gasteiger partial charge >= 0.3 is 0 Å². The van der Waals surface area contributed by atoms with Gasteiger partial charge in [-0.3, -0.25) is 9.59 Å². The van der Waals surface area contributed by atoms with Gasteiger partial charge in [0.25, 0.3) is 0 Å². The highest BCUT2D eigenvalue weighted by Crippen LogP contribution is 2.31. The van der Waals surface area contributed by atoms with E-state index in [9.17, 15) is 18.4 Å². The quantitative estimate of drug-likeness (QED) is 0.339. The Kier molecular flexibility index (Phi) is 6.46. The number of carbonyl (C=O) groups is 2. The van der Waals surface area contributed by atoms with Crippen molar-refractivity contribution in [1.82, 2.24) is 0 Å². The van der Waals surface area contributed by atoms with E-state index in [2.05, 4.69) is 10.2 Å². The zero-order valence-electron chi connectivity index (χ0n) is 16.1. The summed E-state index contributed by atoms with van der Waals surface area (Å²) in [7, 11) is 1.36. The first-order chi connectivity index (χ1) is 14.3. The van der Waals surface area contributed by atoms with E-state index in [-0.39, 0.29) is 23.0 Å². The number of carbonyl (C=O) groups excluding carboxylic acids is 2. The number of rotatable bonds is 5. The van der Waals surface area contributed by atoms with Crippen molar-refractivity contribution >= 4 is 40.1 Å². The molecular formula is C20H18F2N4O3S. The Bertz CT molecular complexity index is 1060. The second-order valence-corrected chi connectivity index (χ2v) is 7.53. The number of anilines is 1. The Balaban J connectivity index is 1.72. The lowest BCUT2D eigenvalue weighted by Crippen LogP contribution is -2.32. The van der Waals surface area contributed by atoms with Crippen molar-refractivity contribution in [3.63, 3.8) is 0 Å². The molecule has 7 nitrogen and oxygen atoms in total. The van der Waals surface area contributed by atoms with Crippen LogP contribution in [0.25, 0.3) is 0 Å². The number of methoxy groups -OCH3 is 1. The van der Waals surface area contributed by atoms with E-state index in [4.69, 9.17) is 10.5 Å². The first kappa shape index (κ1) is 21.4. The van der Waals surface area contributed by atoms with Gasteiger partial charge in [-0.15, -0.1) is 5.10 Å². The summed E-state index contributed by atoms with van der Waals surface area (Å²) >= 11 is 0.862. The topological polar surface area (TPSA) is 97.3 Å². The third kappa shape index (κ3) is 4.48. The second-order valence-electron chi connectivity index (χ2n) is 6.30. The molecular weight excluding hydrogens is 414 g/mol. The van der Waals surface area contributed by atoms with Crippen molar-refractivity contribution in [2.75, 3.05) is 12.0 Å². The van der Waals surface area contributed by atoms with Crippen LogP contribution in [0, 0.1) is 11.6 Å². The minimum absolute atomic E-state index is 0.0510. The van der Waals surface area contributed by atoms with E-state index in [0.29, 0.717) is 11.3 Å². The van der Waals surface area contributed by atoms with Gasteiger partial charge in [-0.2, -0.15) is 5.10 Å². The van der Waals surface area contributed by atoms with Crippen molar-refractivity contribution in [1.29, 1.82) is 0 Å². The second kappa shape index (κ2) is 9.04. The fraction of sp³-hybridized carbons (Fsp3) is 0.200. The third-order valence-electron chi connectivity index (χ3n) is 4.33. The molecule has 2 amide bonds. The van der Waals surface area contributed by atoms with Gasteiger partial charge < -0.3 is 10.5 Å². The van der Waals surface area contributed by atoms with Crippen molar-refractivity contribution in [3.8, 4) is 5.75 Å². The molecule has 1 saturated heterocycles. The molecule has 1 aliphatic rings. The number of benzene rings is 2. The number of amides is 2. The van der Waals surface area contributed by atoms with Crippen molar-refractivity contribution < 1.29 is 23.1 Å². The van der Waals surface area contributed by atoms with E-state index in [1.54, 1.807) is 13.0 Å². The predicted octanol–water partition coefficient (Wildman–Crippen LogP) is 3.08. The Morgan fingerprint density at radius 3 is 2.57 bits per heavy atom. The van der Waals surface area contributed by atoms with Crippen LogP contribution in [0.2, 0.25) is 0 Å². The summed E-state index contributed by atoms with van der Waals surface area (Å²) in [5.41, 5.74) is 6.61.